The van der Waals surface area contributed by atoms with Crippen LogP contribution in [0.1, 0.15) is 5.69 Å². The molecular formula is C15H15N5OS. The summed E-state index contributed by atoms with van der Waals surface area (Å²) in [6.07, 6.45) is 1.72. The van der Waals surface area contributed by atoms with E-state index in [4.69, 9.17) is 0 Å². The number of nitrogens with zero attached hydrogens (tertiary/aromatic N) is 4. The number of hydrogen-bond donors (Lipinski definition) is 1. The Morgan fingerprint density at radius 2 is 2.18 bits per heavy atom. The van der Waals surface area contributed by atoms with Gasteiger partial charge in [-0.05, 0) is 6.92 Å². The van der Waals surface area contributed by atoms with Gasteiger partial charge in [-0.2, -0.15) is 10.2 Å². The van der Waals surface area contributed by atoms with Crippen molar-refractivity contribution < 1.29 is 4.79 Å². The molecule has 0 atom stereocenters. The van der Waals surface area contributed by atoms with Crippen LogP contribution in [0.15, 0.2) is 41.6 Å². The van der Waals surface area contributed by atoms with Crippen LogP contribution in [0.2, 0.25) is 0 Å². The fraction of sp³-hybridized carbons (Fsp3) is 0.200. The lowest BCUT2D eigenvalue weighted by Gasteiger charge is -2.06. The van der Waals surface area contributed by atoms with Gasteiger partial charge < -0.3 is 5.32 Å². The maximum Gasteiger partial charge on any atom is 0.235 e. The van der Waals surface area contributed by atoms with E-state index in [2.05, 4.69) is 20.6 Å². The Morgan fingerprint density at radius 3 is 2.95 bits per heavy atom. The van der Waals surface area contributed by atoms with Gasteiger partial charge in [0.05, 0.1) is 17.6 Å². The van der Waals surface area contributed by atoms with Crippen LogP contribution in [-0.2, 0) is 11.8 Å². The van der Waals surface area contributed by atoms with Crippen LogP contribution in [-0.4, -0.2) is 31.6 Å². The Balaban J connectivity index is 1.69. The third kappa shape index (κ3) is 3.09. The summed E-state index contributed by atoms with van der Waals surface area (Å²) in [5, 5.41) is 17.9. The first-order chi connectivity index (χ1) is 10.6. The summed E-state index contributed by atoms with van der Waals surface area (Å²) in [5.41, 5.74) is 0.866. The van der Waals surface area contributed by atoms with Crippen LogP contribution in [0.3, 0.4) is 0 Å². The van der Waals surface area contributed by atoms with Gasteiger partial charge in [0.25, 0.3) is 0 Å². The molecule has 0 fully saturated rings. The van der Waals surface area contributed by atoms with E-state index in [-0.39, 0.29) is 11.7 Å². The highest BCUT2D eigenvalue weighted by Crippen LogP contribution is 2.24. The molecule has 2 aromatic heterocycles. The topological polar surface area (TPSA) is 72.7 Å². The summed E-state index contributed by atoms with van der Waals surface area (Å²) in [6.45, 7) is 1.89. The molecule has 112 valence electrons. The lowest BCUT2D eigenvalue weighted by molar-refractivity contribution is -0.113. The molecule has 0 saturated carbocycles. The van der Waals surface area contributed by atoms with E-state index in [0.29, 0.717) is 5.82 Å². The van der Waals surface area contributed by atoms with Gasteiger partial charge in [-0.15, -0.1) is 5.10 Å². The minimum absolute atomic E-state index is 0.0947. The third-order valence-corrected chi connectivity index (χ3v) is 4.13. The molecule has 7 heteroatoms. The number of anilines is 1. The van der Waals surface area contributed by atoms with Gasteiger partial charge in [-0.3, -0.25) is 9.48 Å². The highest BCUT2D eigenvalue weighted by molar-refractivity contribution is 8.00. The standard InChI is InChI=1S/C15H15N5OS/c1-10-7-13(20(2)19-10)17-14(21)9-22-15-12-6-4-3-5-11(12)8-16-18-15/h3-8H,9H2,1-2H3,(H,17,21). The van der Waals surface area contributed by atoms with Crippen molar-refractivity contribution in [2.75, 3.05) is 11.1 Å². The number of rotatable bonds is 4. The highest BCUT2D eigenvalue weighted by Gasteiger charge is 2.10. The zero-order valence-electron chi connectivity index (χ0n) is 12.3. The first-order valence-corrected chi connectivity index (χ1v) is 7.76. The van der Waals surface area contributed by atoms with Gasteiger partial charge >= 0.3 is 0 Å². The summed E-state index contributed by atoms with van der Waals surface area (Å²) in [5.74, 6) is 0.863. The van der Waals surface area contributed by atoms with Crippen molar-refractivity contribution in [1.29, 1.82) is 0 Å². The first kappa shape index (κ1) is 14.5. The molecule has 3 aromatic rings. The fourth-order valence-corrected chi connectivity index (χ4v) is 2.94. The van der Waals surface area contributed by atoms with E-state index in [1.54, 1.807) is 17.9 Å². The van der Waals surface area contributed by atoms with E-state index >= 15 is 0 Å². The molecule has 0 aliphatic carbocycles. The Bertz CT molecular complexity index is 824. The van der Waals surface area contributed by atoms with Crippen molar-refractivity contribution in [3.05, 3.63) is 42.2 Å². The Morgan fingerprint density at radius 1 is 1.36 bits per heavy atom. The van der Waals surface area contributed by atoms with Gasteiger partial charge in [0, 0.05) is 23.9 Å². The van der Waals surface area contributed by atoms with Gasteiger partial charge in [0.2, 0.25) is 5.91 Å². The van der Waals surface area contributed by atoms with Crippen molar-refractivity contribution in [1.82, 2.24) is 20.0 Å². The molecule has 3 rings (SSSR count). The second-order valence-electron chi connectivity index (χ2n) is 4.87. The number of thioether (sulfide) groups is 1. The molecule has 2 heterocycles. The number of fused-ring (bicyclic) bond motifs is 1. The van der Waals surface area contributed by atoms with Crippen molar-refractivity contribution in [3.8, 4) is 0 Å². The monoisotopic (exact) mass is 313 g/mol. The number of hydrogen-bond acceptors (Lipinski definition) is 5. The van der Waals surface area contributed by atoms with E-state index in [1.165, 1.54) is 11.8 Å². The van der Waals surface area contributed by atoms with Crippen molar-refractivity contribution in [2.24, 2.45) is 7.05 Å². The molecule has 0 unspecified atom stereocenters. The van der Waals surface area contributed by atoms with Crippen LogP contribution in [0.4, 0.5) is 5.82 Å². The van der Waals surface area contributed by atoms with E-state index in [9.17, 15) is 4.79 Å². The molecule has 6 nitrogen and oxygen atoms in total. The maximum atomic E-state index is 12.1. The van der Waals surface area contributed by atoms with Gasteiger partial charge in [-0.1, -0.05) is 36.0 Å². The van der Waals surface area contributed by atoms with Crippen molar-refractivity contribution in [3.63, 3.8) is 0 Å². The molecule has 22 heavy (non-hydrogen) atoms. The lowest BCUT2D eigenvalue weighted by Crippen LogP contribution is -2.16. The number of carbonyl (C=O) groups excluding carboxylic acids is 1. The smallest absolute Gasteiger partial charge is 0.235 e. The normalized spacial score (nSPS) is 10.8. The first-order valence-electron chi connectivity index (χ1n) is 6.77. The molecule has 1 amide bonds. The number of benzene rings is 1. The SMILES string of the molecule is Cc1cc(NC(=O)CSc2nncc3ccccc23)n(C)n1. The fourth-order valence-electron chi connectivity index (χ4n) is 2.15. The largest absolute Gasteiger partial charge is 0.310 e. The number of amides is 1. The molecule has 1 aromatic carbocycles. The molecule has 0 spiro atoms. The molecule has 1 N–H and O–H groups in total. The molecule has 0 bridgehead atoms. The Kier molecular flexibility index (Phi) is 4.06. The number of aryl methyl sites for hydroxylation is 2. The molecule has 0 radical (unpaired) electrons. The molecule has 0 aliphatic heterocycles. The Hall–Kier alpha value is -2.41. The van der Waals surface area contributed by atoms with E-state index in [0.717, 1.165) is 21.5 Å². The highest BCUT2D eigenvalue weighted by atomic mass is 32.2. The van der Waals surface area contributed by atoms with Crippen molar-refractivity contribution >= 4 is 34.3 Å². The van der Waals surface area contributed by atoms with E-state index in [1.807, 2.05) is 37.3 Å². The predicted octanol–water partition coefficient (Wildman–Crippen LogP) is 2.40. The summed E-state index contributed by atoms with van der Waals surface area (Å²) in [7, 11) is 1.80. The van der Waals surface area contributed by atoms with E-state index < -0.39 is 0 Å². The van der Waals surface area contributed by atoms with Crippen molar-refractivity contribution in [2.45, 2.75) is 11.9 Å². The minimum atomic E-state index is -0.0947. The summed E-state index contributed by atoms with van der Waals surface area (Å²) in [4.78, 5) is 12.1. The molecular weight excluding hydrogens is 298 g/mol. The van der Waals surface area contributed by atoms with Gasteiger partial charge in [0.15, 0.2) is 0 Å². The molecule has 0 saturated heterocycles. The maximum absolute atomic E-state index is 12.1. The average molecular weight is 313 g/mol. The summed E-state index contributed by atoms with van der Waals surface area (Å²) < 4.78 is 1.65. The van der Waals surface area contributed by atoms with Crippen LogP contribution in [0, 0.1) is 6.92 Å². The number of aromatic nitrogens is 4. The zero-order valence-corrected chi connectivity index (χ0v) is 13.1. The minimum Gasteiger partial charge on any atom is -0.310 e. The molecule has 0 aliphatic rings. The van der Waals surface area contributed by atoms with Gasteiger partial charge in [-0.25, -0.2) is 0 Å². The number of carbonyl (C=O) groups is 1. The zero-order chi connectivity index (χ0) is 15.5. The van der Waals surface area contributed by atoms with Gasteiger partial charge in [0.1, 0.15) is 10.8 Å². The second-order valence-corrected chi connectivity index (χ2v) is 5.83. The average Bonchev–Trinajstić information content (AvgIpc) is 2.82. The van der Waals surface area contributed by atoms with Crippen LogP contribution >= 0.6 is 11.8 Å². The van der Waals surface area contributed by atoms with Crippen LogP contribution in [0.25, 0.3) is 10.8 Å². The lowest BCUT2D eigenvalue weighted by atomic mass is 10.2. The van der Waals surface area contributed by atoms with Crippen LogP contribution < -0.4 is 5.32 Å². The summed E-state index contributed by atoms with van der Waals surface area (Å²) in [6, 6.07) is 9.70. The quantitative estimate of drug-likeness (QED) is 0.749. The Labute approximate surface area is 131 Å². The number of nitrogens with one attached hydrogen (secondary N) is 1. The second kappa shape index (κ2) is 6.15. The van der Waals surface area contributed by atoms with Crippen LogP contribution in [0.5, 0.6) is 0 Å². The predicted molar refractivity (Wildman–Crippen MR) is 86.8 cm³/mol. The summed E-state index contributed by atoms with van der Waals surface area (Å²) >= 11 is 1.37. The third-order valence-electron chi connectivity index (χ3n) is 3.15.